The topological polar surface area (TPSA) is 84.2 Å². The van der Waals surface area contributed by atoms with Gasteiger partial charge in [0, 0.05) is 18.2 Å². The molecule has 140 valence electrons. The summed E-state index contributed by atoms with van der Waals surface area (Å²) in [6, 6.07) is 3.68. The summed E-state index contributed by atoms with van der Waals surface area (Å²) in [5.41, 5.74) is -0.422. The molecule has 1 aliphatic carbocycles. The first kappa shape index (κ1) is 18.2. The van der Waals surface area contributed by atoms with Crippen molar-refractivity contribution in [3.63, 3.8) is 0 Å². The second-order valence-electron chi connectivity index (χ2n) is 6.87. The van der Waals surface area contributed by atoms with Gasteiger partial charge in [-0.05, 0) is 44.9 Å². The molecule has 0 bridgehead atoms. The van der Waals surface area contributed by atoms with E-state index in [0.717, 1.165) is 4.57 Å². The van der Waals surface area contributed by atoms with Gasteiger partial charge in [0.1, 0.15) is 0 Å². The van der Waals surface area contributed by atoms with Crippen LogP contribution in [0.4, 0.5) is 13.2 Å². The van der Waals surface area contributed by atoms with Crippen molar-refractivity contribution in [1.82, 2.24) is 14.9 Å². The first-order valence-electron chi connectivity index (χ1n) is 8.16. The minimum atomic E-state index is -4.61. The lowest BCUT2D eigenvalue weighted by molar-refractivity contribution is -0.147. The van der Waals surface area contributed by atoms with Gasteiger partial charge >= 0.3 is 12.1 Å². The smallest absolute Gasteiger partial charge is 0.449 e. The highest BCUT2D eigenvalue weighted by molar-refractivity contribution is 5.97. The third kappa shape index (κ3) is 3.13. The van der Waals surface area contributed by atoms with Crippen LogP contribution in [0.3, 0.4) is 0 Å². The molecular formula is C17H18F3N3O3. The molecule has 1 saturated carbocycles. The monoisotopic (exact) mass is 369 g/mol. The molecule has 0 unspecified atom stereocenters. The number of aromatic nitrogens is 2. The number of alkyl halides is 3. The zero-order valence-corrected chi connectivity index (χ0v) is 14.2. The van der Waals surface area contributed by atoms with E-state index in [4.69, 9.17) is 5.11 Å². The van der Waals surface area contributed by atoms with Crippen LogP contribution in [0.1, 0.15) is 48.9 Å². The molecule has 2 aromatic rings. The van der Waals surface area contributed by atoms with Gasteiger partial charge in [0.25, 0.3) is 5.91 Å². The van der Waals surface area contributed by atoms with Gasteiger partial charge in [-0.15, -0.1) is 0 Å². The molecular weight excluding hydrogens is 351 g/mol. The average molecular weight is 369 g/mol. The first-order valence-corrected chi connectivity index (χ1v) is 8.16. The van der Waals surface area contributed by atoms with Gasteiger partial charge in [-0.25, -0.2) is 4.98 Å². The number of carboxylic acid groups (broad SMARTS) is 1. The third-order valence-electron chi connectivity index (χ3n) is 4.62. The van der Waals surface area contributed by atoms with E-state index in [9.17, 15) is 22.8 Å². The molecule has 1 aromatic heterocycles. The Labute approximate surface area is 147 Å². The molecule has 0 radical (unpaired) electrons. The number of nitrogens with one attached hydrogen (secondary N) is 1. The van der Waals surface area contributed by atoms with Crippen molar-refractivity contribution in [1.29, 1.82) is 0 Å². The number of carbonyl (C=O) groups excluding carboxylic acids is 1. The molecule has 3 rings (SSSR count). The Hall–Kier alpha value is -2.58. The number of amides is 1. The van der Waals surface area contributed by atoms with Crippen molar-refractivity contribution in [2.75, 3.05) is 6.54 Å². The van der Waals surface area contributed by atoms with Crippen LogP contribution in [0, 0.1) is 5.41 Å². The van der Waals surface area contributed by atoms with E-state index in [-0.39, 0.29) is 23.1 Å². The van der Waals surface area contributed by atoms with Crippen molar-refractivity contribution in [2.24, 2.45) is 5.41 Å². The number of imidazole rings is 1. The quantitative estimate of drug-likeness (QED) is 0.848. The zero-order chi connectivity index (χ0) is 19.3. The SMILES string of the molecule is CC(C)n1c(C(F)(F)F)nc2cc(C(=O)NCC3(C(=O)O)CC3)ccc21. The summed E-state index contributed by atoms with van der Waals surface area (Å²) in [7, 11) is 0. The molecule has 0 saturated heterocycles. The van der Waals surface area contributed by atoms with Crippen LogP contribution in [-0.2, 0) is 11.0 Å². The second-order valence-corrected chi connectivity index (χ2v) is 6.87. The fourth-order valence-corrected chi connectivity index (χ4v) is 2.93. The van der Waals surface area contributed by atoms with Crippen LogP contribution in [0.5, 0.6) is 0 Å². The maximum absolute atomic E-state index is 13.2. The van der Waals surface area contributed by atoms with E-state index in [0.29, 0.717) is 12.8 Å². The number of rotatable bonds is 5. The molecule has 0 spiro atoms. The Bertz CT molecular complexity index is 882. The fourth-order valence-electron chi connectivity index (χ4n) is 2.93. The van der Waals surface area contributed by atoms with Gasteiger partial charge in [-0.1, -0.05) is 0 Å². The molecule has 1 heterocycles. The van der Waals surface area contributed by atoms with Gasteiger partial charge in [-0.3, -0.25) is 9.59 Å². The lowest BCUT2D eigenvalue weighted by atomic mass is 10.1. The average Bonchev–Trinajstić information content (AvgIpc) is 3.23. The van der Waals surface area contributed by atoms with E-state index >= 15 is 0 Å². The maximum atomic E-state index is 13.2. The second kappa shape index (κ2) is 6.00. The Kier molecular flexibility index (Phi) is 4.20. The van der Waals surface area contributed by atoms with Gasteiger partial charge in [0.15, 0.2) is 0 Å². The zero-order valence-electron chi connectivity index (χ0n) is 14.2. The molecule has 0 aliphatic heterocycles. The Balaban J connectivity index is 1.89. The molecule has 1 aliphatic rings. The van der Waals surface area contributed by atoms with Crippen molar-refractivity contribution < 1.29 is 27.9 Å². The van der Waals surface area contributed by atoms with Crippen LogP contribution in [-0.4, -0.2) is 33.1 Å². The number of nitrogens with zero attached hydrogens (tertiary/aromatic N) is 2. The van der Waals surface area contributed by atoms with Gasteiger partial charge in [-0.2, -0.15) is 13.2 Å². The molecule has 2 N–H and O–H groups in total. The normalized spacial score (nSPS) is 16.1. The van der Waals surface area contributed by atoms with Crippen molar-refractivity contribution in [3.8, 4) is 0 Å². The minimum Gasteiger partial charge on any atom is -0.481 e. The summed E-state index contributed by atoms with van der Waals surface area (Å²) in [4.78, 5) is 27.0. The van der Waals surface area contributed by atoms with Gasteiger partial charge in [0.05, 0.1) is 16.4 Å². The third-order valence-corrected chi connectivity index (χ3v) is 4.62. The van der Waals surface area contributed by atoms with Crippen LogP contribution >= 0.6 is 0 Å². The Morgan fingerprint density at radius 1 is 1.35 bits per heavy atom. The molecule has 1 amide bonds. The summed E-state index contributed by atoms with van der Waals surface area (Å²) in [6.45, 7) is 3.24. The number of hydrogen-bond donors (Lipinski definition) is 2. The van der Waals surface area contributed by atoms with E-state index in [2.05, 4.69) is 10.3 Å². The largest absolute Gasteiger partial charge is 0.481 e. The van der Waals surface area contributed by atoms with Crippen molar-refractivity contribution in [2.45, 2.75) is 38.9 Å². The predicted octanol–water partition coefficient (Wildman–Crippen LogP) is 3.23. The van der Waals surface area contributed by atoms with Crippen molar-refractivity contribution in [3.05, 3.63) is 29.6 Å². The Morgan fingerprint density at radius 3 is 2.50 bits per heavy atom. The number of hydrogen-bond acceptors (Lipinski definition) is 3. The number of fused-ring (bicyclic) bond motifs is 1. The van der Waals surface area contributed by atoms with E-state index < -0.39 is 35.3 Å². The standard InChI is InChI=1S/C17H18F3N3O3/c1-9(2)23-12-4-3-10(7-11(12)22-14(23)17(18,19)20)13(24)21-8-16(5-6-16)15(25)26/h3-4,7,9H,5-6,8H2,1-2H3,(H,21,24)(H,25,26). The van der Waals surface area contributed by atoms with E-state index in [1.54, 1.807) is 13.8 Å². The number of carboxylic acids is 1. The van der Waals surface area contributed by atoms with E-state index in [1.165, 1.54) is 18.2 Å². The summed E-state index contributed by atoms with van der Waals surface area (Å²) in [5.74, 6) is -2.51. The number of halogens is 3. The first-order chi connectivity index (χ1) is 12.0. The molecule has 6 nitrogen and oxygen atoms in total. The summed E-state index contributed by atoms with van der Waals surface area (Å²) >= 11 is 0. The molecule has 9 heteroatoms. The van der Waals surface area contributed by atoms with Crippen LogP contribution in [0.25, 0.3) is 11.0 Å². The summed E-state index contributed by atoms with van der Waals surface area (Å²) in [5, 5.41) is 11.7. The summed E-state index contributed by atoms with van der Waals surface area (Å²) < 4.78 is 40.8. The molecule has 1 aromatic carbocycles. The van der Waals surface area contributed by atoms with Gasteiger partial charge < -0.3 is 15.0 Å². The number of benzene rings is 1. The molecule has 26 heavy (non-hydrogen) atoms. The number of carbonyl (C=O) groups is 2. The lowest BCUT2D eigenvalue weighted by Gasteiger charge is -2.14. The highest BCUT2D eigenvalue weighted by atomic mass is 19.4. The van der Waals surface area contributed by atoms with Crippen LogP contribution in [0.2, 0.25) is 0 Å². The highest BCUT2D eigenvalue weighted by Crippen LogP contribution is 2.45. The van der Waals surface area contributed by atoms with E-state index in [1.807, 2.05) is 0 Å². The fraction of sp³-hybridized carbons (Fsp3) is 0.471. The maximum Gasteiger partial charge on any atom is 0.449 e. The molecule has 0 atom stereocenters. The highest BCUT2D eigenvalue weighted by Gasteiger charge is 2.50. The molecule has 1 fully saturated rings. The van der Waals surface area contributed by atoms with Gasteiger partial charge in [0.2, 0.25) is 5.82 Å². The van der Waals surface area contributed by atoms with Crippen LogP contribution in [0.15, 0.2) is 18.2 Å². The van der Waals surface area contributed by atoms with Crippen LogP contribution < -0.4 is 5.32 Å². The van der Waals surface area contributed by atoms with Crippen molar-refractivity contribution >= 4 is 22.9 Å². The predicted molar refractivity (Wildman–Crippen MR) is 86.8 cm³/mol. The summed E-state index contributed by atoms with van der Waals surface area (Å²) in [6.07, 6.45) is -3.61. The lowest BCUT2D eigenvalue weighted by Crippen LogP contribution is -2.34. The minimum absolute atomic E-state index is 0.00651. The number of aliphatic carboxylic acids is 1. The Morgan fingerprint density at radius 2 is 2.00 bits per heavy atom.